The molecule has 3 rings (SSSR count). The Morgan fingerprint density at radius 2 is 1.59 bits per heavy atom. The van der Waals surface area contributed by atoms with Crippen LogP contribution in [0.4, 0.5) is 18.0 Å². The molecule has 0 aromatic carbocycles. The molecule has 0 radical (unpaired) electrons. The average Bonchev–Trinajstić information content (AvgIpc) is 2.70. The van der Waals surface area contributed by atoms with Gasteiger partial charge in [-0.15, -0.1) is 0 Å². The molecule has 2 amide bonds. The second-order valence-electron chi connectivity index (χ2n) is 11.3. The summed E-state index contributed by atoms with van der Waals surface area (Å²) in [6.07, 6.45) is -6.41. The zero-order valence-electron chi connectivity index (χ0n) is 19.4. The largest absolute Gasteiger partial charge is 0.459 e. The van der Waals surface area contributed by atoms with Gasteiger partial charge in [0.2, 0.25) is 5.91 Å². The van der Waals surface area contributed by atoms with Gasteiger partial charge in [0, 0.05) is 24.4 Å². The molecule has 32 heavy (non-hydrogen) atoms. The summed E-state index contributed by atoms with van der Waals surface area (Å²) < 4.78 is 50.1. The number of carbonyl (C=O) groups is 3. The highest BCUT2D eigenvalue weighted by Crippen LogP contribution is 2.52. The van der Waals surface area contributed by atoms with E-state index in [9.17, 15) is 27.6 Å². The van der Waals surface area contributed by atoms with E-state index in [0.717, 1.165) is 0 Å². The summed E-state index contributed by atoms with van der Waals surface area (Å²) in [7, 11) is 0. The first-order chi connectivity index (χ1) is 14.5. The SMILES string of the molecule is CC(C)(C)OC(=O)N[C@H]1[C@H]2CC3C[C@@H]1C([C@H]2OC(=O)C(C)(C)C)N(C(=O)CC(F)(F)F)C3. The van der Waals surface area contributed by atoms with Gasteiger partial charge in [-0.25, -0.2) is 4.79 Å². The van der Waals surface area contributed by atoms with Crippen LogP contribution in [0.5, 0.6) is 0 Å². The molecule has 0 aromatic rings. The smallest absolute Gasteiger partial charge is 0.407 e. The third-order valence-electron chi connectivity index (χ3n) is 6.36. The summed E-state index contributed by atoms with van der Waals surface area (Å²) in [6.45, 7) is 10.5. The summed E-state index contributed by atoms with van der Waals surface area (Å²) in [5.74, 6) is -2.13. The van der Waals surface area contributed by atoms with Crippen LogP contribution in [0.2, 0.25) is 0 Å². The van der Waals surface area contributed by atoms with E-state index in [0.29, 0.717) is 12.8 Å². The molecule has 7 nitrogen and oxygen atoms in total. The fourth-order valence-electron chi connectivity index (χ4n) is 5.28. The predicted molar refractivity (Wildman–Crippen MR) is 108 cm³/mol. The maximum absolute atomic E-state index is 13.0. The van der Waals surface area contributed by atoms with E-state index in [-0.39, 0.29) is 24.3 Å². The lowest BCUT2D eigenvalue weighted by Gasteiger charge is -2.45. The zero-order chi connectivity index (χ0) is 24.2. The number of likely N-dealkylation sites (tertiary alicyclic amines) is 1. The summed E-state index contributed by atoms with van der Waals surface area (Å²) in [5.41, 5.74) is -1.53. The number of piperidine rings is 1. The molecular formula is C22H33F3N2O5. The number of rotatable bonds is 3. The minimum atomic E-state index is -4.63. The molecule has 3 fully saturated rings. The summed E-state index contributed by atoms with van der Waals surface area (Å²) in [6, 6.07) is -1.16. The van der Waals surface area contributed by atoms with Crippen LogP contribution in [0.25, 0.3) is 0 Å². The molecule has 3 aliphatic rings. The normalized spacial score (nSPS) is 32.0. The Hall–Kier alpha value is -2.00. The Morgan fingerprint density at radius 3 is 2.12 bits per heavy atom. The molecule has 2 aliphatic carbocycles. The van der Waals surface area contributed by atoms with Crippen LogP contribution >= 0.6 is 0 Å². The van der Waals surface area contributed by atoms with Gasteiger partial charge in [-0.05, 0) is 60.3 Å². The van der Waals surface area contributed by atoms with Crippen LogP contribution < -0.4 is 5.32 Å². The number of nitrogens with one attached hydrogen (secondary N) is 1. The van der Waals surface area contributed by atoms with Gasteiger partial charge in [0.05, 0.1) is 11.5 Å². The predicted octanol–water partition coefficient (Wildman–Crippen LogP) is 3.66. The fourth-order valence-corrected chi connectivity index (χ4v) is 5.28. The number of alkyl halides is 3. The van der Waals surface area contributed by atoms with Crippen molar-refractivity contribution in [2.75, 3.05) is 6.54 Å². The molecule has 2 unspecified atom stereocenters. The zero-order valence-corrected chi connectivity index (χ0v) is 19.4. The van der Waals surface area contributed by atoms with Crippen molar-refractivity contribution >= 4 is 18.0 Å². The summed E-state index contributed by atoms with van der Waals surface area (Å²) >= 11 is 0. The molecule has 0 spiro atoms. The highest BCUT2D eigenvalue weighted by Gasteiger charge is 2.63. The van der Waals surface area contributed by atoms with Crippen LogP contribution in [0.1, 0.15) is 60.8 Å². The fraction of sp³-hybridized carbons (Fsp3) is 0.864. The number of hydrogen-bond acceptors (Lipinski definition) is 5. The second kappa shape index (κ2) is 8.09. The average molecular weight is 463 g/mol. The van der Waals surface area contributed by atoms with E-state index in [1.165, 1.54) is 4.90 Å². The Kier molecular flexibility index (Phi) is 6.23. The first-order valence-electron chi connectivity index (χ1n) is 11.0. The van der Waals surface area contributed by atoms with Crippen molar-refractivity contribution in [3.8, 4) is 0 Å². The molecule has 1 aliphatic heterocycles. The number of halogens is 3. The second-order valence-corrected chi connectivity index (χ2v) is 11.3. The molecular weight excluding hydrogens is 429 g/mol. The van der Waals surface area contributed by atoms with Crippen molar-refractivity contribution in [3.63, 3.8) is 0 Å². The third kappa shape index (κ3) is 5.31. The number of alkyl carbamates (subject to hydrolysis) is 1. The van der Waals surface area contributed by atoms with E-state index in [1.807, 2.05) is 0 Å². The quantitative estimate of drug-likeness (QED) is 0.647. The van der Waals surface area contributed by atoms with Crippen LogP contribution in [0.3, 0.4) is 0 Å². The molecule has 182 valence electrons. The van der Waals surface area contributed by atoms with Crippen molar-refractivity contribution in [1.29, 1.82) is 0 Å². The van der Waals surface area contributed by atoms with Gasteiger partial charge < -0.3 is 19.7 Å². The van der Waals surface area contributed by atoms with Gasteiger partial charge in [-0.2, -0.15) is 13.2 Å². The summed E-state index contributed by atoms with van der Waals surface area (Å²) in [5, 5.41) is 2.86. The lowest BCUT2D eigenvalue weighted by Crippen LogP contribution is -2.57. The highest BCUT2D eigenvalue weighted by atomic mass is 19.4. The van der Waals surface area contributed by atoms with E-state index in [2.05, 4.69) is 5.32 Å². The maximum atomic E-state index is 13.0. The van der Waals surface area contributed by atoms with Crippen molar-refractivity contribution in [3.05, 3.63) is 0 Å². The maximum Gasteiger partial charge on any atom is 0.407 e. The Labute approximate surface area is 186 Å². The van der Waals surface area contributed by atoms with Crippen LogP contribution in [0, 0.1) is 23.2 Å². The van der Waals surface area contributed by atoms with E-state index >= 15 is 0 Å². The monoisotopic (exact) mass is 462 g/mol. The Morgan fingerprint density at radius 1 is 1.00 bits per heavy atom. The summed E-state index contributed by atoms with van der Waals surface area (Å²) in [4.78, 5) is 39.0. The van der Waals surface area contributed by atoms with Gasteiger partial charge in [0.1, 0.15) is 18.1 Å². The van der Waals surface area contributed by atoms with E-state index in [1.54, 1.807) is 41.5 Å². The minimum absolute atomic E-state index is 0.00606. The van der Waals surface area contributed by atoms with E-state index in [4.69, 9.17) is 9.47 Å². The van der Waals surface area contributed by atoms with Gasteiger partial charge in [0.15, 0.2) is 0 Å². The minimum Gasteiger partial charge on any atom is -0.459 e. The van der Waals surface area contributed by atoms with Crippen molar-refractivity contribution in [2.45, 2.75) is 90.8 Å². The van der Waals surface area contributed by atoms with Crippen LogP contribution in [-0.2, 0) is 19.1 Å². The topological polar surface area (TPSA) is 84.9 Å². The highest BCUT2D eigenvalue weighted by molar-refractivity contribution is 5.78. The molecule has 10 heteroatoms. The first-order valence-corrected chi connectivity index (χ1v) is 11.0. The van der Waals surface area contributed by atoms with Crippen molar-refractivity contribution in [2.24, 2.45) is 23.2 Å². The molecule has 1 saturated heterocycles. The number of fused-ring (bicyclic) bond motifs is 2. The standard InChI is InChI=1S/C22H33F3N2O5/c1-20(2,3)18(29)31-17-13-8-11-7-12(15(13)26-19(30)32-21(4,5)6)16(17)27(10-11)14(28)9-22(23,24)25/h11-13,15-17H,7-10H2,1-6H3,(H,26,30)/t11?,12-,13+,15+,16?,17-/m0/s1. The van der Waals surface area contributed by atoms with Crippen molar-refractivity contribution in [1.82, 2.24) is 10.2 Å². The van der Waals surface area contributed by atoms with Gasteiger partial charge in [-0.1, -0.05) is 0 Å². The first kappa shape index (κ1) is 24.6. The van der Waals surface area contributed by atoms with E-state index < -0.39 is 59.8 Å². The number of ether oxygens (including phenoxy) is 2. The number of nitrogens with zero attached hydrogens (tertiary/aromatic N) is 1. The van der Waals surface area contributed by atoms with Gasteiger partial charge in [-0.3, -0.25) is 9.59 Å². The van der Waals surface area contributed by atoms with Crippen LogP contribution in [0.15, 0.2) is 0 Å². The molecule has 6 atom stereocenters. The van der Waals surface area contributed by atoms with Crippen LogP contribution in [-0.4, -0.2) is 59.4 Å². The third-order valence-corrected chi connectivity index (χ3v) is 6.36. The Balaban J connectivity index is 1.90. The number of hydrogen-bond donors (Lipinski definition) is 1. The molecule has 1 heterocycles. The molecule has 1 N–H and O–H groups in total. The number of esters is 1. The van der Waals surface area contributed by atoms with Crippen molar-refractivity contribution < 1.29 is 37.0 Å². The number of carbonyl (C=O) groups excluding carboxylic acids is 3. The molecule has 2 saturated carbocycles. The molecule has 3 bridgehead atoms. The Bertz CT molecular complexity index is 771. The lowest BCUT2D eigenvalue weighted by atomic mass is 9.74. The molecule has 0 aromatic heterocycles. The lowest BCUT2D eigenvalue weighted by molar-refractivity contribution is -0.173. The number of amides is 2. The van der Waals surface area contributed by atoms with Gasteiger partial charge in [0.25, 0.3) is 0 Å². The van der Waals surface area contributed by atoms with Gasteiger partial charge >= 0.3 is 18.2 Å².